The van der Waals surface area contributed by atoms with Gasteiger partial charge in [0, 0.05) is 25.0 Å². The maximum Gasteiger partial charge on any atom is 0.276 e. The third kappa shape index (κ3) is 1.76. The van der Waals surface area contributed by atoms with Crippen LogP contribution in [0.15, 0.2) is 18.5 Å². The quantitative estimate of drug-likeness (QED) is 0.721. The molecule has 0 radical (unpaired) electrons. The molecule has 1 amide bonds. The van der Waals surface area contributed by atoms with Crippen LogP contribution in [0.1, 0.15) is 35.8 Å². The van der Waals surface area contributed by atoms with Crippen molar-refractivity contribution in [3.05, 3.63) is 29.7 Å². The molecule has 96 valence electrons. The molecule has 1 aliphatic rings. The molecule has 2 aromatic heterocycles. The first-order chi connectivity index (χ1) is 9.22. The zero-order valence-corrected chi connectivity index (χ0v) is 10.7. The minimum atomic E-state index is -0.0940. The number of aromatic nitrogens is 3. The van der Waals surface area contributed by atoms with E-state index < -0.39 is 0 Å². The summed E-state index contributed by atoms with van der Waals surface area (Å²) >= 11 is 0. The van der Waals surface area contributed by atoms with E-state index in [2.05, 4.69) is 22.9 Å². The number of likely N-dealkylation sites (tertiary alicyclic amines) is 1. The fourth-order valence-corrected chi connectivity index (χ4v) is 2.54. The largest absolute Gasteiger partial charge is 0.335 e. The standard InChI is InChI=1S/C14H14N4O/c1-3-11-12(14(19)17-8-4-6-10(17)2)16-18-9-5-7-15-13(11)18/h1,5,7,9-10H,4,6,8H2,2H3. The molecule has 3 rings (SSSR count). The molecular weight excluding hydrogens is 240 g/mol. The second kappa shape index (κ2) is 4.39. The van der Waals surface area contributed by atoms with Crippen LogP contribution in [0.25, 0.3) is 5.65 Å². The normalized spacial score (nSPS) is 18.7. The van der Waals surface area contributed by atoms with Crippen molar-refractivity contribution in [1.82, 2.24) is 19.5 Å². The second-order valence-corrected chi connectivity index (χ2v) is 4.75. The molecule has 0 saturated carbocycles. The van der Waals surface area contributed by atoms with Crippen molar-refractivity contribution in [2.75, 3.05) is 6.54 Å². The Bertz CT molecular complexity index is 682. The molecule has 5 nitrogen and oxygen atoms in total. The zero-order chi connectivity index (χ0) is 13.4. The Labute approximate surface area is 111 Å². The van der Waals surface area contributed by atoms with E-state index in [1.54, 1.807) is 23.0 Å². The lowest BCUT2D eigenvalue weighted by atomic mass is 10.2. The Morgan fingerprint density at radius 2 is 2.42 bits per heavy atom. The van der Waals surface area contributed by atoms with Gasteiger partial charge < -0.3 is 4.90 Å². The van der Waals surface area contributed by atoms with E-state index in [9.17, 15) is 4.79 Å². The lowest BCUT2D eigenvalue weighted by Crippen LogP contribution is -2.34. The molecule has 0 spiro atoms. The van der Waals surface area contributed by atoms with E-state index in [1.807, 2.05) is 4.90 Å². The Kier molecular flexibility index (Phi) is 2.71. The Hall–Kier alpha value is -2.35. The highest BCUT2D eigenvalue weighted by Crippen LogP contribution is 2.21. The number of fused-ring (bicyclic) bond motifs is 1. The molecule has 3 heterocycles. The summed E-state index contributed by atoms with van der Waals surface area (Å²) in [6.07, 6.45) is 11.0. The first kappa shape index (κ1) is 11.7. The first-order valence-electron chi connectivity index (χ1n) is 6.33. The topological polar surface area (TPSA) is 50.5 Å². The van der Waals surface area contributed by atoms with Crippen molar-refractivity contribution in [1.29, 1.82) is 0 Å². The number of rotatable bonds is 1. The van der Waals surface area contributed by atoms with Crippen LogP contribution in [0.3, 0.4) is 0 Å². The number of amides is 1. The molecule has 0 aromatic carbocycles. The Balaban J connectivity index is 2.10. The maximum atomic E-state index is 12.5. The molecule has 0 N–H and O–H groups in total. The monoisotopic (exact) mass is 254 g/mol. The van der Waals surface area contributed by atoms with Gasteiger partial charge in [0.15, 0.2) is 11.3 Å². The van der Waals surface area contributed by atoms with Gasteiger partial charge in [-0.1, -0.05) is 5.92 Å². The van der Waals surface area contributed by atoms with Crippen molar-refractivity contribution in [2.24, 2.45) is 0 Å². The van der Waals surface area contributed by atoms with E-state index in [4.69, 9.17) is 6.42 Å². The zero-order valence-electron chi connectivity index (χ0n) is 10.7. The lowest BCUT2D eigenvalue weighted by Gasteiger charge is -2.20. The molecule has 1 aliphatic heterocycles. The van der Waals surface area contributed by atoms with Gasteiger partial charge in [0.25, 0.3) is 5.91 Å². The molecule has 0 aliphatic carbocycles. The smallest absolute Gasteiger partial charge is 0.276 e. The molecule has 1 fully saturated rings. The number of nitrogens with zero attached hydrogens (tertiary/aromatic N) is 4. The van der Waals surface area contributed by atoms with Crippen LogP contribution in [-0.4, -0.2) is 38.0 Å². The van der Waals surface area contributed by atoms with Crippen LogP contribution in [0, 0.1) is 12.3 Å². The van der Waals surface area contributed by atoms with Crippen molar-refractivity contribution in [2.45, 2.75) is 25.8 Å². The molecule has 19 heavy (non-hydrogen) atoms. The molecule has 1 unspecified atom stereocenters. The van der Waals surface area contributed by atoms with Crippen LogP contribution in [-0.2, 0) is 0 Å². The van der Waals surface area contributed by atoms with Gasteiger partial charge >= 0.3 is 0 Å². The minimum absolute atomic E-state index is 0.0940. The average molecular weight is 254 g/mol. The fourth-order valence-electron chi connectivity index (χ4n) is 2.54. The van der Waals surface area contributed by atoms with Crippen LogP contribution >= 0.6 is 0 Å². The van der Waals surface area contributed by atoms with Crippen LogP contribution in [0.2, 0.25) is 0 Å². The van der Waals surface area contributed by atoms with Crippen molar-refractivity contribution >= 4 is 11.6 Å². The molecule has 1 saturated heterocycles. The van der Waals surface area contributed by atoms with Gasteiger partial charge in [-0.15, -0.1) is 6.42 Å². The highest BCUT2D eigenvalue weighted by Gasteiger charge is 2.30. The van der Waals surface area contributed by atoms with E-state index in [1.165, 1.54) is 0 Å². The summed E-state index contributed by atoms with van der Waals surface area (Å²) in [4.78, 5) is 18.6. The predicted molar refractivity (Wildman–Crippen MR) is 70.7 cm³/mol. The summed E-state index contributed by atoms with van der Waals surface area (Å²) < 4.78 is 1.56. The van der Waals surface area contributed by atoms with Crippen molar-refractivity contribution in [3.63, 3.8) is 0 Å². The van der Waals surface area contributed by atoms with E-state index in [0.717, 1.165) is 19.4 Å². The first-order valence-corrected chi connectivity index (χ1v) is 6.33. The Morgan fingerprint density at radius 3 is 3.11 bits per heavy atom. The summed E-state index contributed by atoms with van der Waals surface area (Å²) in [6.45, 7) is 2.82. The molecule has 1 atom stereocenters. The van der Waals surface area contributed by atoms with Gasteiger partial charge in [-0.2, -0.15) is 5.10 Å². The molecule has 2 aromatic rings. The van der Waals surface area contributed by atoms with Gasteiger partial charge in [0.05, 0.1) is 0 Å². The third-order valence-electron chi connectivity index (χ3n) is 3.56. The highest BCUT2D eigenvalue weighted by atomic mass is 16.2. The summed E-state index contributed by atoms with van der Waals surface area (Å²) in [7, 11) is 0. The van der Waals surface area contributed by atoms with Gasteiger partial charge in [0.2, 0.25) is 0 Å². The van der Waals surface area contributed by atoms with Crippen molar-refractivity contribution < 1.29 is 4.79 Å². The van der Waals surface area contributed by atoms with Crippen LogP contribution in [0.4, 0.5) is 0 Å². The number of carbonyl (C=O) groups is 1. The predicted octanol–water partition coefficient (Wildman–Crippen LogP) is 1.34. The van der Waals surface area contributed by atoms with E-state index >= 15 is 0 Å². The molecule has 5 heteroatoms. The van der Waals surface area contributed by atoms with Gasteiger partial charge in [-0.05, 0) is 25.8 Å². The number of hydrogen-bond donors (Lipinski definition) is 0. The summed E-state index contributed by atoms with van der Waals surface area (Å²) in [5.74, 6) is 2.45. The van der Waals surface area contributed by atoms with Gasteiger partial charge in [0.1, 0.15) is 5.56 Å². The maximum absolute atomic E-state index is 12.5. The summed E-state index contributed by atoms with van der Waals surface area (Å²) in [6, 6.07) is 2.00. The van der Waals surface area contributed by atoms with E-state index in [-0.39, 0.29) is 11.9 Å². The minimum Gasteiger partial charge on any atom is -0.335 e. The number of carbonyl (C=O) groups excluding carboxylic acids is 1. The highest BCUT2D eigenvalue weighted by molar-refractivity contribution is 5.97. The fraction of sp³-hybridized carbons (Fsp3) is 0.357. The number of hydrogen-bond acceptors (Lipinski definition) is 3. The number of terminal acetylenes is 1. The lowest BCUT2D eigenvalue weighted by molar-refractivity contribution is 0.0741. The Morgan fingerprint density at radius 1 is 1.58 bits per heavy atom. The van der Waals surface area contributed by atoms with E-state index in [0.29, 0.717) is 16.9 Å². The van der Waals surface area contributed by atoms with Crippen LogP contribution in [0.5, 0.6) is 0 Å². The SMILES string of the molecule is C#Cc1c(C(=O)N2CCCC2C)nn2cccnc12. The van der Waals surface area contributed by atoms with Crippen molar-refractivity contribution in [3.8, 4) is 12.3 Å². The van der Waals surface area contributed by atoms with Gasteiger partial charge in [-0.25, -0.2) is 9.50 Å². The summed E-state index contributed by atoms with van der Waals surface area (Å²) in [5, 5.41) is 4.28. The molecule has 0 bridgehead atoms. The second-order valence-electron chi connectivity index (χ2n) is 4.75. The average Bonchev–Trinajstić information content (AvgIpc) is 3.01. The van der Waals surface area contributed by atoms with Gasteiger partial charge in [-0.3, -0.25) is 4.79 Å². The molecular formula is C14H14N4O. The third-order valence-corrected chi connectivity index (χ3v) is 3.56. The summed E-state index contributed by atoms with van der Waals surface area (Å²) in [5.41, 5.74) is 1.36. The van der Waals surface area contributed by atoms with Crippen LogP contribution < -0.4 is 0 Å².